The summed E-state index contributed by atoms with van der Waals surface area (Å²) in [6.07, 6.45) is 1.69. The molecule has 0 saturated carbocycles. The summed E-state index contributed by atoms with van der Waals surface area (Å²) in [5.74, 6) is 0. The molecule has 1 aromatic rings. The lowest BCUT2D eigenvalue weighted by Crippen LogP contribution is -2.45. The van der Waals surface area contributed by atoms with Crippen LogP contribution in [0.25, 0.3) is 0 Å². The van der Waals surface area contributed by atoms with Gasteiger partial charge in [-0.1, -0.05) is 24.3 Å². The number of methoxy groups -OCH3 is 1. The first-order chi connectivity index (χ1) is 9.92. The van der Waals surface area contributed by atoms with Gasteiger partial charge in [0.25, 0.3) is 0 Å². The number of benzene rings is 1. The summed E-state index contributed by atoms with van der Waals surface area (Å²) in [7, 11) is 1.72. The van der Waals surface area contributed by atoms with Crippen molar-refractivity contribution in [3.63, 3.8) is 0 Å². The molecule has 0 radical (unpaired) electrons. The molecule has 2 bridgehead atoms. The van der Waals surface area contributed by atoms with E-state index in [1.165, 1.54) is 11.1 Å². The number of ether oxygens (including phenoxy) is 2. The quantitative estimate of drug-likeness (QED) is 0.788. The van der Waals surface area contributed by atoms with Crippen LogP contribution >= 0.6 is 0 Å². The molecule has 114 valence electrons. The molecule has 3 unspecified atom stereocenters. The topological polar surface area (TPSA) is 38.8 Å². The Balaban J connectivity index is 1.97. The average molecular weight is 289 g/mol. The molecule has 4 nitrogen and oxygen atoms in total. The molecule has 2 aliphatic heterocycles. The second-order valence-corrected chi connectivity index (χ2v) is 6.83. The fourth-order valence-electron chi connectivity index (χ4n) is 3.53. The molecule has 0 aliphatic carbocycles. The number of hydrogen-bond acceptors (Lipinski definition) is 3. The molecule has 1 amide bonds. The van der Waals surface area contributed by atoms with Crippen LogP contribution in [-0.2, 0) is 9.47 Å². The van der Waals surface area contributed by atoms with E-state index >= 15 is 0 Å². The number of amides is 1. The lowest BCUT2D eigenvalue weighted by Gasteiger charge is -2.40. The van der Waals surface area contributed by atoms with Gasteiger partial charge in [-0.3, -0.25) is 4.90 Å². The van der Waals surface area contributed by atoms with E-state index in [-0.39, 0.29) is 24.3 Å². The summed E-state index contributed by atoms with van der Waals surface area (Å²) in [5.41, 5.74) is 1.97. The molecule has 0 spiro atoms. The van der Waals surface area contributed by atoms with E-state index in [4.69, 9.17) is 9.47 Å². The maximum Gasteiger partial charge on any atom is 0.411 e. The predicted molar refractivity (Wildman–Crippen MR) is 80.0 cm³/mol. The molecule has 3 rings (SSSR count). The summed E-state index contributed by atoms with van der Waals surface area (Å²) < 4.78 is 11.3. The highest BCUT2D eigenvalue weighted by molar-refractivity contribution is 5.72. The van der Waals surface area contributed by atoms with Crippen LogP contribution < -0.4 is 0 Å². The lowest BCUT2D eigenvalue weighted by molar-refractivity contribution is -0.0483. The standard InChI is InChI=1S/C17H23NO3/c1-17(2,3)21-16(19)18-13-9-10-14(20-4)15(18)12-8-6-5-7-11(12)13/h5-8,13-15H,9-10H2,1-4H3. The molecule has 4 heteroatoms. The number of fused-ring (bicyclic) bond motifs is 5. The minimum Gasteiger partial charge on any atom is -0.444 e. The fraction of sp³-hybridized carbons (Fsp3) is 0.588. The third kappa shape index (κ3) is 2.42. The summed E-state index contributed by atoms with van der Waals surface area (Å²) in [5, 5.41) is 0. The minimum absolute atomic E-state index is 0.0280. The minimum atomic E-state index is -0.483. The van der Waals surface area contributed by atoms with E-state index in [1.54, 1.807) is 7.11 Å². The maximum atomic E-state index is 12.7. The second-order valence-electron chi connectivity index (χ2n) is 6.83. The molecular weight excluding hydrogens is 266 g/mol. The van der Waals surface area contributed by atoms with Crippen molar-refractivity contribution in [1.29, 1.82) is 0 Å². The Labute approximate surface area is 126 Å². The SMILES string of the molecule is COC1CCC2c3ccccc3C1N2C(=O)OC(C)(C)C. The van der Waals surface area contributed by atoms with E-state index < -0.39 is 5.60 Å². The Morgan fingerprint density at radius 3 is 2.48 bits per heavy atom. The molecular formula is C17H23NO3. The van der Waals surface area contributed by atoms with Crippen molar-refractivity contribution in [3.05, 3.63) is 35.4 Å². The molecule has 1 saturated heterocycles. The van der Waals surface area contributed by atoms with Crippen molar-refractivity contribution in [3.8, 4) is 0 Å². The van der Waals surface area contributed by atoms with Crippen LogP contribution in [0.5, 0.6) is 0 Å². The Morgan fingerprint density at radius 1 is 1.19 bits per heavy atom. The molecule has 0 N–H and O–H groups in total. The molecule has 21 heavy (non-hydrogen) atoms. The van der Waals surface area contributed by atoms with Crippen LogP contribution in [0, 0.1) is 0 Å². The van der Waals surface area contributed by atoms with Crippen LogP contribution in [0.4, 0.5) is 4.79 Å². The van der Waals surface area contributed by atoms with Gasteiger partial charge >= 0.3 is 6.09 Å². The third-order valence-corrected chi connectivity index (χ3v) is 4.29. The summed E-state index contributed by atoms with van der Waals surface area (Å²) in [4.78, 5) is 14.5. The average Bonchev–Trinajstić information content (AvgIpc) is 2.66. The number of nitrogens with zero attached hydrogens (tertiary/aromatic N) is 1. The molecule has 2 heterocycles. The van der Waals surface area contributed by atoms with Crippen LogP contribution in [-0.4, -0.2) is 29.8 Å². The highest BCUT2D eigenvalue weighted by atomic mass is 16.6. The van der Waals surface area contributed by atoms with Crippen molar-refractivity contribution >= 4 is 6.09 Å². The number of rotatable bonds is 1. The Hall–Kier alpha value is -1.55. The van der Waals surface area contributed by atoms with Gasteiger partial charge in [0.05, 0.1) is 18.2 Å². The van der Waals surface area contributed by atoms with E-state index in [9.17, 15) is 4.79 Å². The number of hydrogen-bond donors (Lipinski definition) is 0. The van der Waals surface area contributed by atoms with Crippen LogP contribution in [0.2, 0.25) is 0 Å². The third-order valence-electron chi connectivity index (χ3n) is 4.29. The van der Waals surface area contributed by atoms with Crippen LogP contribution in [0.1, 0.15) is 56.8 Å². The van der Waals surface area contributed by atoms with Gasteiger partial charge in [-0.05, 0) is 44.7 Å². The van der Waals surface area contributed by atoms with Gasteiger partial charge in [-0.15, -0.1) is 0 Å². The Bertz CT molecular complexity index is 549. The van der Waals surface area contributed by atoms with Gasteiger partial charge in [0.2, 0.25) is 0 Å². The highest BCUT2D eigenvalue weighted by Crippen LogP contribution is 2.51. The molecule has 2 aliphatic rings. The predicted octanol–water partition coefficient (Wildman–Crippen LogP) is 3.83. The van der Waals surface area contributed by atoms with Gasteiger partial charge in [0.15, 0.2) is 0 Å². The van der Waals surface area contributed by atoms with E-state index in [0.29, 0.717) is 0 Å². The zero-order chi connectivity index (χ0) is 15.2. The van der Waals surface area contributed by atoms with Crippen molar-refractivity contribution in [2.75, 3.05) is 7.11 Å². The van der Waals surface area contributed by atoms with Crippen molar-refractivity contribution in [1.82, 2.24) is 4.90 Å². The summed E-state index contributed by atoms with van der Waals surface area (Å²) in [6, 6.07) is 8.38. The van der Waals surface area contributed by atoms with Gasteiger partial charge in [-0.2, -0.15) is 0 Å². The van der Waals surface area contributed by atoms with Crippen molar-refractivity contribution < 1.29 is 14.3 Å². The first kappa shape index (κ1) is 14.4. The highest BCUT2D eigenvalue weighted by Gasteiger charge is 2.49. The van der Waals surface area contributed by atoms with E-state index in [0.717, 1.165) is 12.8 Å². The zero-order valence-electron chi connectivity index (χ0n) is 13.1. The first-order valence-corrected chi connectivity index (χ1v) is 7.55. The van der Waals surface area contributed by atoms with Crippen LogP contribution in [0.15, 0.2) is 24.3 Å². The van der Waals surface area contributed by atoms with E-state index in [1.807, 2.05) is 37.8 Å². The number of piperidine rings is 1. The number of carbonyl (C=O) groups is 1. The fourth-order valence-corrected chi connectivity index (χ4v) is 3.53. The monoisotopic (exact) mass is 289 g/mol. The van der Waals surface area contributed by atoms with Crippen molar-refractivity contribution in [2.45, 2.75) is 57.4 Å². The Kier molecular flexibility index (Phi) is 3.44. The van der Waals surface area contributed by atoms with Gasteiger partial charge < -0.3 is 9.47 Å². The number of carbonyl (C=O) groups excluding carboxylic acids is 1. The summed E-state index contributed by atoms with van der Waals surface area (Å²) in [6.45, 7) is 5.70. The molecule has 0 aromatic heterocycles. The first-order valence-electron chi connectivity index (χ1n) is 7.55. The molecule has 3 atom stereocenters. The van der Waals surface area contributed by atoms with Gasteiger partial charge in [-0.25, -0.2) is 4.79 Å². The second kappa shape index (κ2) is 5.02. The van der Waals surface area contributed by atoms with Crippen LogP contribution in [0.3, 0.4) is 0 Å². The smallest absolute Gasteiger partial charge is 0.411 e. The zero-order valence-corrected chi connectivity index (χ0v) is 13.1. The lowest BCUT2D eigenvalue weighted by atomic mass is 9.98. The van der Waals surface area contributed by atoms with Gasteiger partial charge in [0, 0.05) is 7.11 Å². The normalized spacial score (nSPS) is 27.4. The van der Waals surface area contributed by atoms with Gasteiger partial charge in [0.1, 0.15) is 5.60 Å². The maximum absolute atomic E-state index is 12.7. The van der Waals surface area contributed by atoms with Crippen molar-refractivity contribution in [2.24, 2.45) is 0 Å². The van der Waals surface area contributed by atoms with E-state index in [2.05, 4.69) is 12.1 Å². The molecule has 1 fully saturated rings. The largest absolute Gasteiger partial charge is 0.444 e. The molecule has 1 aromatic carbocycles. The summed E-state index contributed by atoms with van der Waals surface area (Å²) >= 11 is 0. The Morgan fingerprint density at radius 2 is 1.86 bits per heavy atom.